The summed E-state index contributed by atoms with van der Waals surface area (Å²) in [6, 6.07) is 31.7. The van der Waals surface area contributed by atoms with Gasteiger partial charge in [-0.05, 0) is 183 Å². The fourth-order valence-electron chi connectivity index (χ4n) is 13.8. The van der Waals surface area contributed by atoms with Crippen LogP contribution in [0.25, 0.3) is 4.85 Å². The standard InChI is InChI=1S/C27H39NO4.C26H36N2O3.C14H15NO5.C12H12O3.2C11H9NO5/c1-9-26(5,6)20-12-13-22(21(17-20)27(7,8)10-2)32-15-11-14-28-23(30)16-18(3)24(19(4)29)25(28)31;1-9-25(4,5)19-12-13-21(20(17-19)26(6,7)10-2)31-15-11-14-28-22(29)16-18(3)23(27-8)24(28)30;1-8(2)15-13(17)7-19-9-3-4-10-11(16)6-14(18)20-12(10)5-9;1-7(2)8-3-4-9-10(13)6-12(14)15-11(9)5-8;12-10(14)5-16-6-1-2-9-7(3-6)8(13)4-11(15)17-9;12-10(14)5-16-6-1-2-7-8(13)4-11(15)17-9(7)3-6/h12-13,17H,9-11,14-16H2,1-8H3;12-13,17H,9-11,14-16H2,1-7H3;3-5,8H,6-7H2,1-2H3,(H,15,17);3-5,7H,6H2,1-2H3;2*1-3H,4-5H2,(H2,12,14). The minimum absolute atomic E-state index is 0.0270. The number of Topliss-reactive ketones (excluding diaryl/α,β-unsaturated/α-hetero) is 5. The van der Waals surface area contributed by atoms with Gasteiger partial charge < -0.3 is 59.4 Å². The number of ketones is 5. The molecule has 6 heterocycles. The van der Waals surface area contributed by atoms with Crippen molar-refractivity contribution in [2.24, 2.45) is 11.5 Å². The third-order valence-corrected chi connectivity index (χ3v) is 23.1. The van der Waals surface area contributed by atoms with E-state index in [1.54, 1.807) is 32.0 Å². The van der Waals surface area contributed by atoms with E-state index in [1.165, 1.54) is 87.5 Å². The number of carbonyl (C=O) groups is 16. The highest BCUT2D eigenvalue weighted by Crippen LogP contribution is 2.42. The molecule has 0 fully saturated rings. The number of fused-ring (bicyclic) bond motifs is 4. The van der Waals surface area contributed by atoms with Gasteiger partial charge in [0.2, 0.25) is 17.5 Å². The van der Waals surface area contributed by atoms with Crippen molar-refractivity contribution in [3.63, 3.8) is 0 Å². The highest BCUT2D eigenvalue weighted by molar-refractivity contribution is 6.24. The number of nitrogens with two attached hydrogens (primary N) is 2. The van der Waals surface area contributed by atoms with E-state index >= 15 is 0 Å². The SMILES string of the molecule is CC(C)NC(=O)COc1ccc2c(c1)OC(=O)CC2=O.CC(C)c1ccc2c(c1)OC(=O)CC2=O.CCC(C)(C)c1ccc(OCCCN2C(=O)CC(C)=C(C(C)=O)C2=O)c(C(C)(C)CC)c1.NC(=O)COc1ccc2c(c1)C(=O)CC(=O)O2.NC(=O)COc1ccc2c(c1)OC(=O)CC2=O.[C-]#[N+]C1=C(C)CC(=O)N(CCCOc2ccc(C(C)(C)CC)cc2C(C)(C)CC)C1=O. The van der Waals surface area contributed by atoms with E-state index in [2.05, 4.69) is 130 Å². The lowest BCUT2D eigenvalue weighted by molar-refractivity contribution is -0.145. The second-order valence-electron chi connectivity index (χ2n) is 35.5. The maximum atomic E-state index is 12.6. The normalized spacial score (nSPS) is 14.7. The van der Waals surface area contributed by atoms with E-state index in [0.29, 0.717) is 82.8 Å². The molecule has 31 heteroatoms. The molecule has 6 aliphatic rings. The van der Waals surface area contributed by atoms with Crippen molar-refractivity contribution in [1.82, 2.24) is 15.1 Å². The average molecular weight is 1820 g/mol. The van der Waals surface area contributed by atoms with Crippen LogP contribution in [0.15, 0.2) is 132 Å². The Balaban J connectivity index is 0.000000222. The van der Waals surface area contributed by atoms with Crippen molar-refractivity contribution >= 4 is 94.1 Å². The fraction of sp³-hybridized carbons (Fsp3) is 0.436. The maximum Gasteiger partial charge on any atom is 0.319 e. The number of esters is 4. The summed E-state index contributed by atoms with van der Waals surface area (Å²) < 4.78 is 47.4. The molecule has 0 aliphatic carbocycles. The summed E-state index contributed by atoms with van der Waals surface area (Å²) in [5.41, 5.74) is 18.8. The summed E-state index contributed by atoms with van der Waals surface area (Å²) >= 11 is 0. The highest BCUT2D eigenvalue weighted by Gasteiger charge is 2.37. The van der Waals surface area contributed by atoms with Crippen molar-refractivity contribution in [3.8, 4) is 51.7 Å². The van der Waals surface area contributed by atoms with Gasteiger partial charge in [0.1, 0.15) is 77.4 Å². The Labute approximate surface area is 769 Å². The molecule has 0 saturated carbocycles. The van der Waals surface area contributed by atoms with Crippen LogP contribution < -0.4 is 59.4 Å². The molecule has 6 aliphatic heterocycles. The first-order valence-corrected chi connectivity index (χ1v) is 43.8. The molecule has 704 valence electrons. The number of nitrogens with one attached hydrogen (secondary N) is 1. The molecular weight excluding hydrogens is 1700 g/mol. The van der Waals surface area contributed by atoms with E-state index in [9.17, 15) is 76.7 Å². The first-order chi connectivity index (χ1) is 62.0. The van der Waals surface area contributed by atoms with Crippen LogP contribution in [-0.2, 0) is 79.2 Å². The molecule has 7 amide bonds. The van der Waals surface area contributed by atoms with Gasteiger partial charge in [-0.1, -0.05) is 140 Å². The molecule has 12 rings (SSSR count). The number of ether oxygens (including phenoxy) is 9. The summed E-state index contributed by atoms with van der Waals surface area (Å²) in [4.78, 5) is 190. The molecule has 5 N–H and O–H groups in total. The third kappa shape index (κ3) is 28.9. The molecule has 0 saturated heterocycles. The fourth-order valence-corrected chi connectivity index (χ4v) is 13.8. The van der Waals surface area contributed by atoms with Gasteiger partial charge in [0.25, 0.3) is 29.5 Å². The van der Waals surface area contributed by atoms with Gasteiger partial charge >= 0.3 is 23.9 Å². The molecule has 6 aromatic rings. The molecule has 0 bridgehead atoms. The smallest absolute Gasteiger partial charge is 0.319 e. The van der Waals surface area contributed by atoms with E-state index in [1.807, 2.05) is 33.8 Å². The molecule has 132 heavy (non-hydrogen) atoms. The second kappa shape index (κ2) is 46.6. The number of nitrogens with zero attached hydrogens (tertiary/aromatic N) is 3. The highest BCUT2D eigenvalue weighted by atomic mass is 16.6. The van der Waals surface area contributed by atoms with Crippen molar-refractivity contribution in [3.05, 3.63) is 193 Å². The van der Waals surface area contributed by atoms with Gasteiger partial charge in [-0.3, -0.25) is 86.5 Å². The Morgan fingerprint density at radius 3 is 1.20 bits per heavy atom. The Morgan fingerprint density at radius 2 is 0.811 bits per heavy atom. The molecule has 0 aromatic heterocycles. The van der Waals surface area contributed by atoms with Gasteiger partial charge in [-0.25, -0.2) is 4.85 Å². The molecule has 6 aromatic carbocycles. The molecule has 0 radical (unpaired) electrons. The lowest BCUT2D eigenvalue weighted by Gasteiger charge is -2.30. The predicted molar refractivity (Wildman–Crippen MR) is 488 cm³/mol. The number of primary amides is 2. The second-order valence-corrected chi connectivity index (χ2v) is 35.5. The van der Waals surface area contributed by atoms with E-state index in [0.717, 1.165) is 42.7 Å². The number of hydrogen-bond acceptors (Lipinski definition) is 25. The zero-order chi connectivity index (χ0) is 98.2. The summed E-state index contributed by atoms with van der Waals surface area (Å²) in [6.07, 6.45) is 4.42. The first kappa shape index (κ1) is 105. The zero-order valence-electron chi connectivity index (χ0n) is 78.7. The molecule has 0 atom stereocenters. The molecular formula is C101H120N6O25. The summed E-state index contributed by atoms with van der Waals surface area (Å²) in [7, 11) is 0. The van der Waals surface area contributed by atoms with Crippen LogP contribution in [0.3, 0.4) is 0 Å². The minimum Gasteiger partial charge on any atom is -0.493 e. The van der Waals surface area contributed by atoms with Gasteiger partial charge in [0.05, 0.1) is 47.6 Å². The summed E-state index contributed by atoms with van der Waals surface area (Å²) in [5, 5.41) is 2.69. The molecule has 0 spiro atoms. The van der Waals surface area contributed by atoms with E-state index in [-0.39, 0.29) is 180 Å². The Morgan fingerprint density at radius 1 is 0.439 bits per heavy atom. The number of benzene rings is 6. The van der Waals surface area contributed by atoms with Crippen LogP contribution in [0.1, 0.15) is 284 Å². The van der Waals surface area contributed by atoms with Crippen molar-refractivity contribution in [1.29, 1.82) is 0 Å². The Kier molecular flexibility index (Phi) is 37.2. The molecule has 31 nitrogen and oxygen atoms in total. The first-order valence-electron chi connectivity index (χ1n) is 43.8. The lowest BCUT2D eigenvalue weighted by Crippen LogP contribution is -2.43. The van der Waals surface area contributed by atoms with Crippen LogP contribution >= 0.6 is 0 Å². The number of amides is 7. The number of imide groups is 2. The van der Waals surface area contributed by atoms with Gasteiger partial charge in [0, 0.05) is 55.2 Å². The largest absolute Gasteiger partial charge is 0.493 e. The third-order valence-electron chi connectivity index (χ3n) is 23.1. The van der Waals surface area contributed by atoms with Crippen molar-refractivity contribution < 1.29 is 119 Å². The van der Waals surface area contributed by atoms with Crippen LogP contribution in [0.5, 0.6) is 51.7 Å². The lowest BCUT2D eigenvalue weighted by atomic mass is 9.76. The van der Waals surface area contributed by atoms with Gasteiger partial charge in [-0.15, -0.1) is 0 Å². The summed E-state index contributed by atoms with van der Waals surface area (Å²) in [6.45, 7) is 47.0. The van der Waals surface area contributed by atoms with Crippen LogP contribution in [0, 0.1) is 6.57 Å². The zero-order valence-corrected chi connectivity index (χ0v) is 78.7. The Hall–Kier alpha value is -13.8. The predicted octanol–water partition coefficient (Wildman–Crippen LogP) is 14.7. The molecule has 0 unspecified atom stereocenters. The van der Waals surface area contributed by atoms with Crippen LogP contribution in [-0.4, -0.2) is 156 Å². The minimum atomic E-state index is -0.615. The van der Waals surface area contributed by atoms with Gasteiger partial charge in [0.15, 0.2) is 48.7 Å². The van der Waals surface area contributed by atoms with Gasteiger partial charge in [-0.2, -0.15) is 0 Å². The number of carbonyl (C=O) groups excluding carboxylic acids is 16. The van der Waals surface area contributed by atoms with E-state index in [4.69, 9.17) is 60.7 Å². The summed E-state index contributed by atoms with van der Waals surface area (Å²) in [5.74, 6) is -2.51. The average Bonchev–Trinajstić information content (AvgIpc) is 0.810. The number of hydrogen-bond donors (Lipinski definition) is 3. The number of rotatable bonds is 30. The monoisotopic (exact) mass is 1820 g/mol. The van der Waals surface area contributed by atoms with Crippen molar-refractivity contribution in [2.45, 2.75) is 242 Å². The van der Waals surface area contributed by atoms with Crippen molar-refractivity contribution in [2.75, 3.05) is 46.1 Å². The Bertz CT molecular complexity index is 5580. The topological polar surface area (TPSA) is 431 Å². The maximum absolute atomic E-state index is 12.6. The van der Waals surface area contributed by atoms with E-state index < -0.39 is 47.5 Å². The van der Waals surface area contributed by atoms with Crippen LogP contribution in [0.4, 0.5) is 0 Å². The quantitative estimate of drug-likeness (QED) is 0.00717. The van der Waals surface area contributed by atoms with Crippen LogP contribution in [0.2, 0.25) is 0 Å².